The summed E-state index contributed by atoms with van der Waals surface area (Å²) in [6.45, 7) is 4.44. The molecule has 1 saturated carbocycles. The van der Waals surface area contributed by atoms with Crippen LogP contribution < -0.4 is 9.47 Å². The van der Waals surface area contributed by atoms with Crippen molar-refractivity contribution in [2.24, 2.45) is 22.9 Å². The lowest BCUT2D eigenvalue weighted by atomic mass is 9.55. The molecule has 69 heavy (non-hydrogen) atoms. The van der Waals surface area contributed by atoms with E-state index in [9.17, 15) is 40.3 Å². The SMILES string of the molecule is C=CCOC12Oc3ccc(Oc4cccc([N+](=O)[O-])c4)cc3C3C(CCCCO)C(CCCCO)C=C(C(=NOC4CCCCO4)CC1N(CCOCCO)C(=O)C=Cc1ccc([N+](=O)[O-])cc1)C32. The minimum absolute atomic E-state index is 0.00658. The molecule has 4 aliphatic rings. The molecule has 7 atom stereocenters. The van der Waals surface area contributed by atoms with Crippen LogP contribution in [0.15, 0.2) is 102 Å². The molecule has 1 amide bonds. The molecule has 2 heterocycles. The van der Waals surface area contributed by atoms with E-state index in [1.54, 1.807) is 53.5 Å². The van der Waals surface area contributed by atoms with E-state index in [4.69, 9.17) is 33.7 Å². The first-order valence-electron chi connectivity index (χ1n) is 23.8. The monoisotopic (exact) mass is 954 g/mol. The van der Waals surface area contributed by atoms with Gasteiger partial charge in [-0.2, -0.15) is 0 Å². The number of fused-ring (bicyclic) bond motifs is 2. The highest BCUT2D eigenvalue weighted by molar-refractivity contribution is 6.03. The molecule has 18 nitrogen and oxygen atoms in total. The van der Waals surface area contributed by atoms with Crippen LogP contribution in [0.3, 0.4) is 0 Å². The quantitative estimate of drug-likeness (QED) is 0.0240. The first kappa shape index (κ1) is 50.8. The third kappa shape index (κ3) is 12.2. The normalized spacial score (nSPS) is 24.4. The van der Waals surface area contributed by atoms with E-state index < -0.39 is 45.7 Å². The lowest BCUT2D eigenvalue weighted by molar-refractivity contribution is -0.385. The van der Waals surface area contributed by atoms with Crippen molar-refractivity contribution in [3.8, 4) is 17.2 Å². The zero-order valence-corrected chi connectivity index (χ0v) is 38.7. The number of carbonyl (C=O) groups is 1. The molecule has 3 N–H and O–H groups in total. The Morgan fingerprint density at radius 3 is 2.39 bits per heavy atom. The van der Waals surface area contributed by atoms with Crippen LogP contribution >= 0.6 is 0 Å². The molecule has 0 radical (unpaired) electrons. The number of oxime groups is 1. The maximum Gasteiger partial charge on any atom is 0.273 e. The molecule has 7 rings (SSSR count). The second-order valence-electron chi connectivity index (χ2n) is 17.6. The number of non-ortho nitro benzene ring substituents is 2. The van der Waals surface area contributed by atoms with Gasteiger partial charge < -0.3 is 48.7 Å². The van der Waals surface area contributed by atoms with Gasteiger partial charge in [0, 0.05) is 68.4 Å². The van der Waals surface area contributed by atoms with Crippen LogP contribution in [0, 0.1) is 38.0 Å². The molecule has 0 bridgehead atoms. The number of carbonyl (C=O) groups excluding carboxylic acids is 1. The molecule has 0 spiro atoms. The summed E-state index contributed by atoms with van der Waals surface area (Å²) in [5, 5.41) is 57.6. The highest BCUT2D eigenvalue weighted by atomic mass is 16.8. The van der Waals surface area contributed by atoms with Gasteiger partial charge in [0.2, 0.25) is 18.0 Å². The van der Waals surface area contributed by atoms with Gasteiger partial charge in [0.1, 0.15) is 23.3 Å². The Morgan fingerprint density at radius 2 is 1.68 bits per heavy atom. The Morgan fingerprint density at radius 1 is 0.913 bits per heavy atom. The Kier molecular flexibility index (Phi) is 18.1. The van der Waals surface area contributed by atoms with E-state index in [0.29, 0.717) is 61.5 Å². The second-order valence-corrected chi connectivity index (χ2v) is 17.6. The van der Waals surface area contributed by atoms with Crippen LogP contribution in [0.1, 0.15) is 81.3 Å². The van der Waals surface area contributed by atoms with E-state index >= 15 is 0 Å². The zero-order chi connectivity index (χ0) is 48.8. The average molecular weight is 955 g/mol. The molecule has 2 aliphatic heterocycles. The van der Waals surface area contributed by atoms with Gasteiger partial charge in [0.05, 0.1) is 60.6 Å². The van der Waals surface area contributed by atoms with Crippen LogP contribution in [-0.2, 0) is 23.8 Å². The van der Waals surface area contributed by atoms with Gasteiger partial charge in [0.25, 0.3) is 11.4 Å². The molecular formula is C51H62N4O14. The standard InChI is InChI=1S/C51H62N4O14/c1-2-27-66-51-46(53(23-29-64-30-26-58)47(59)22-17-35-15-18-37(19-16-35)54(60)61)34-44(52-69-48-14-5-8-28-65-48)42-31-36(10-3-6-24-56)41(13-4-7-25-57)49(50(42)51)43-33-40(20-21-45(43)68-51)67-39-12-9-11-38(32-39)55(62)63/h2,9,11-12,15-22,31-33,36,41,46,48-50,56-58H,1,3-8,10,13-14,23-30,34H2. The summed E-state index contributed by atoms with van der Waals surface area (Å²) in [7, 11) is 0. The smallest absolute Gasteiger partial charge is 0.273 e. The predicted molar refractivity (Wildman–Crippen MR) is 255 cm³/mol. The van der Waals surface area contributed by atoms with E-state index in [2.05, 4.69) is 12.7 Å². The fraction of sp³-hybridized carbons (Fsp3) is 0.490. The minimum atomic E-state index is -1.61. The van der Waals surface area contributed by atoms with Crippen molar-refractivity contribution < 1.29 is 58.5 Å². The first-order valence-corrected chi connectivity index (χ1v) is 23.8. The third-order valence-corrected chi connectivity index (χ3v) is 13.2. The van der Waals surface area contributed by atoms with Crippen molar-refractivity contribution in [1.29, 1.82) is 0 Å². The van der Waals surface area contributed by atoms with E-state index in [1.165, 1.54) is 30.3 Å². The van der Waals surface area contributed by atoms with Gasteiger partial charge in [0.15, 0.2) is 0 Å². The maximum atomic E-state index is 15.0. The highest BCUT2D eigenvalue weighted by Gasteiger charge is 2.65. The number of aliphatic hydroxyl groups excluding tert-OH is 3. The highest BCUT2D eigenvalue weighted by Crippen LogP contribution is 2.62. The molecule has 2 fully saturated rings. The number of unbranched alkanes of at least 4 members (excludes halogenated alkanes) is 2. The van der Waals surface area contributed by atoms with Gasteiger partial charge in [-0.3, -0.25) is 25.0 Å². The van der Waals surface area contributed by atoms with Crippen LogP contribution in [-0.4, -0.2) is 113 Å². The summed E-state index contributed by atoms with van der Waals surface area (Å²) >= 11 is 0. The Bertz CT molecular complexity index is 2330. The van der Waals surface area contributed by atoms with Crippen molar-refractivity contribution in [3.05, 3.63) is 128 Å². The summed E-state index contributed by atoms with van der Waals surface area (Å²) in [5.74, 6) is -2.13. The number of benzene rings is 3. The van der Waals surface area contributed by atoms with E-state index in [0.717, 1.165) is 36.8 Å². The fourth-order valence-electron chi connectivity index (χ4n) is 10.1. The van der Waals surface area contributed by atoms with Crippen LogP contribution in [0.25, 0.3) is 6.08 Å². The van der Waals surface area contributed by atoms with E-state index in [-0.39, 0.29) is 81.6 Å². The van der Waals surface area contributed by atoms with Crippen LogP contribution in [0.2, 0.25) is 0 Å². The summed E-state index contributed by atoms with van der Waals surface area (Å²) in [5.41, 5.74) is 2.49. The molecule has 1 saturated heterocycles. The minimum Gasteiger partial charge on any atom is -0.459 e. The van der Waals surface area contributed by atoms with Gasteiger partial charge in [-0.25, -0.2) is 0 Å². The number of nitro groups is 2. The van der Waals surface area contributed by atoms with Gasteiger partial charge in [-0.15, -0.1) is 6.58 Å². The molecule has 0 aromatic heterocycles. The van der Waals surface area contributed by atoms with Crippen molar-refractivity contribution in [1.82, 2.24) is 4.90 Å². The summed E-state index contributed by atoms with van der Waals surface area (Å²) in [6.07, 6.45) is 12.8. The maximum absolute atomic E-state index is 15.0. The molecule has 2 aliphatic carbocycles. The van der Waals surface area contributed by atoms with Crippen molar-refractivity contribution in [2.45, 2.75) is 88.2 Å². The molecule has 370 valence electrons. The lowest BCUT2D eigenvalue weighted by Gasteiger charge is -2.60. The predicted octanol–water partition coefficient (Wildman–Crippen LogP) is 8.01. The molecule has 7 unspecified atom stereocenters. The van der Waals surface area contributed by atoms with Gasteiger partial charge in [-0.1, -0.05) is 36.2 Å². The summed E-state index contributed by atoms with van der Waals surface area (Å²) in [4.78, 5) is 45.0. The number of allylic oxidation sites excluding steroid dienone is 1. The number of ether oxygens (including phenoxy) is 5. The van der Waals surface area contributed by atoms with Gasteiger partial charge >= 0.3 is 0 Å². The number of rotatable bonds is 25. The summed E-state index contributed by atoms with van der Waals surface area (Å²) in [6, 6.07) is 16.3. The van der Waals surface area contributed by atoms with Crippen LogP contribution in [0.4, 0.5) is 11.4 Å². The Hall–Kier alpha value is -6.02. The number of nitrogens with zero attached hydrogens (tertiary/aromatic N) is 4. The summed E-state index contributed by atoms with van der Waals surface area (Å²) < 4.78 is 32.5. The number of nitro benzene ring substituents is 2. The van der Waals surface area contributed by atoms with E-state index in [1.807, 2.05) is 6.07 Å². The zero-order valence-electron chi connectivity index (χ0n) is 38.7. The third-order valence-electron chi connectivity index (χ3n) is 13.2. The van der Waals surface area contributed by atoms with Gasteiger partial charge in [-0.05, 0) is 104 Å². The fourth-order valence-corrected chi connectivity index (χ4v) is 10.1. The lowest BCUT2D eigenvalue weighted by Crippen LogP contribution is -2.70. The Labute approximate surface area is 401 Å². The Balaban J connectivity index is 1.43. The van der Waals surface area contributed by atoms with Crippen molar-refractivity contribution in [3.63, 3.8) is 0 Å². The second kappa shape index (κ2) is 24.5. The topological polar surface area (TPSA) is 235 Å². The molecule has 3 aromatic rings. The average Bonchev–Trinajstić information content (AvgIpc) is 3.36. The number of hydrogen-bond acceptors (Lipinski definition) is 15. The number of amides is 1. The van der Waals surface area contributed by atoms with Crippen molar-refractivity contribution >= 4 is 29.1 Å². The van der Waals surface area contributed by atoms with Crippen LogP contribution in [0.5, 0.6) is 17.2 Å². The first-order chi connectivity index (χ1) is 33.6. The molecule has 18 heteroatoms. The number of aliphatic hydroxyl groups is 3. The van der Waals surface area contributed by atoms with Crippen molar-refractivity contribution in [2.75, 3.05) is 52.8 Å². The molecular weight excluding hydrogens is 893 g/mol. The molecule has 3 aromatic carbocycles. The largest absolute Gasteiger partial charge is 0.459 e. The number of hydrogen-bond donors (Lipinski definition) is 3.